The molecule has 0 spiro atoms. The van der Waals surface area contributed by atoms with Crippen molar-refractivity contribution in [3.63, 3.8) is 0 Å². The van der Waals surface area contributed by atoms with Crippen LogP contribution in [0.3, 0.4) is 0 Å². The molecule has 1 amide bonds. The topological polar surface area (TPSA) is 37.4 Å². The molecule has 4 heteroatoms. The van der Waals surface area contributed by atoms with Gasteiger partial charge < -0.3 is 4.90 Å². The summed E-state index contributed by atoms with van der Waals surface area (Å²) in [6, 6.07) is 5.61. The predicted octanol–water partition coefficient (Wildman–Crippen LogP) is 3.06. The van der Waals surface area contributed by atoms with Crippen molar-refractivity contribution in [2.45, 2.75) is 32.4 Å². The number of benzene rings is 1. The number of Topliss-reactive ketones (excluding diaryl/α,β-unsaturated/α-hetero) is 1. The van der Waals surface area contributed by atoms with Crippen LogP contribution >= 0.6 is 11.8 Å². The number of hydrogen-bond donors (Lipinski definition) is 0. The summed E-state index contributed by atoms with van der Waals surface area (Å²) in [6.07, 6.45) is 0. The zero-order valence-electron chi connectivity index (χ0n) is 11.8. The molecule has 1 heterocycles. The Labute approximate surface area is 118 Å². The van der Waals surface area contributed by atoms with E-state index in [0.717, 1.165) is 17.0 Å². The summed E-state index contributed by atoms with van der Waals surface area (Å²) in [5.74, 6) is 0.0603. The fourth-order valence-corrected chi connectivity index (χ4v) is 2.97. The summed E-state index contributed by atoms with van der Waals surface area (Å²) in [7, 11) is 0. The number of amides is 1. The highest BCUT2D eigenvalue weighted by molar-refractivity contribution is 8.00. The summed E-state index contributed by atoms with van der Waals surface area (Å²) < 4.78 is 0.170. The van der Waals surface area contributed by atoms with Gasteiger partial charge in [-0.15, -0.1) is 0 Å². The van der Waals surface area contributed by atoms with Gasteiger partial charge in [-0.1, -0.05) is 32.4 Å². The van der Waals surface area contributed by atoms with E-state index >= 15 is 0 Å². The lowest BCUT2D eigenvalue weighted by molar-refractivity contribution is -0.114. The van der Waals surface area contributed by atoms with Crippen LogP contribution in [-0.4, -0.2) is 28.7 Å². The second-order valence-electron chi connectivity index (χ2n) is 5.77. The lowest BCUT2D eigenvalue weighted by Gasteiger charge is -2.21. The SMILES string of the molecule is Cc1ccc2c(c1)C(=O)C(=O)N2CCSC(C)(C)C. The highest BCUT2D eigenvalue weighted by Gasteiger charge is 2.35. The van der Waals surface area contributed by atoms with Gasteiger partial charge in [0.05, 0.1) is 11.3 Å². The van der Waals surface area contributed by atoms with E-state index in [9.17, 15) is 9.59 Å². The first-order valence-corrected chi connectivity index (χ1v) is 7.39. The number of rotatable bonds is 3. The molecule has 0 aliphatic carbocycles. The zero-order chi connectivity index (χ0) is 14.2. The number of ketones is 1. The molecule has 0 N–H and O–H groups in total. The van der Waals surface area contributed by atoms with Gasteiger partial charge in [-0.3, -0.25) is 9.59 Å². The smallest absolute Gasteiger partial charge is 0.299 e. The summed E-state index contributed by atoms with van der Waals surface area (Å²) in [5, 5.41) is 0. The van der Waals surface area contributed by atoms with Gasteiger partial charge in [0.15, 0.2) is 0 Å². The van der Waals surface area contributed by atoms with Gasteiger partial charge >= 0.3 is 0 Å². The number of carbonyl (C=O) groups excluding carboxylic acids is 2. The standard InChI is InChI=1S/C15H19NO2S/c1-10-5-6-12-11(9-10)13(17)14(18)16(12)7-8-19-15(2,3)4/h5-6,9H,7-8H2,1-4H3. The molecule has 102 valence electrons. The first kappa shape index (κ1) is 14.1. The Morgan fingerprint density at radius 3 is 2.53 bits per heavy atom. The molecule has 0 atom stereocenters. The molecule has 0 aromatic heterocycles. The molecule has 1 aromatic rings. The van der Waals surface area contributed by atoms with Crippen LogP contribution in [0, 0.1) is 6.92 Å². The maximum absolute atomic E-state index is 12.0. The van der Waals surface area contributed by atoms with Gasteiger partial charge in [0.2, 0.25) is 0 Å². The minimum Gasteiger partial charge on any atom is -0.304 e. The van der Waals surface area contributed by atoms with E-state index in [1.165, 1.54) is 0 Å². The van der Waals surface area contributed by atoms with Crippen LogP contribution in [0.4, 0.5) is 5.69 Å². The summed E-state index contributed by atoms with van der Waals surface area (Å²) in [6.45, 7) is 8.95. The Balaban J connectivity index is 2.15. The molecule has 0 radical (unpaired) electrons. The van der Waals surface area contributed by atoms with Gasteiger partial charge in [-0.2, -0.15) is 11.8 Å². The Hall–Kier alpha value is -1.29. The third kappa shape index (κ3) is 3.00. The lowest BCUT2D eigenvalue weighted by atomic mass is 10.1. The molecular weight excluding hydrogens is 258 g/mol. The van der Waals surface area contributed by atoms with Gasteiger partial charge in [0.25, 0.3) is 11.7 Å². The van der Waals surface area contributed by atoms with E-state index in [1.807, 2.05) is 19.1 Å². The molecule has 2 rings (SSSR count). The normalized spacial score (nSPS) is 15.1. The summed E-state index contributed by atoms with van der Waals surface area (Å²) in [4.78, 5) is 25.5. The van der Waals surface area contributed by atoms with Crippen LogP contribution in [0.5, 0.6) is 0 Å². The Kier molecular flexibility index (Phi) is 3.72. The van der Waals surface area contributed by atoms with Crippen molar-refractivity contribution in [1.82, 2.24) is 0 Å². The molecule has 0 fully saturated rings. The second kappa shape index (κ2) is 5.00. The molecule has 1 aliphatic heterocycles. The van der Waals surface area contributed by atoms with Crippen molar-refractivity contribution in [3.05, 3.63) is 29.3 Å². The number of carbonyl (C=O) groups is 2. The molecule has 1 aliphatic rings. The fraction of sp³-hybridized carbons (Fsp3) is 0.467. The molecule has 3 nitrogen and oxygen atoms in total. The molecular formula is C15H19NO2S. The highest BCUT2D eigenvalue weighted by Crippen LogP contribution is 2.31. The first-order chi connectivity index (χ1) is 8.79. The third-order valence-electron chi connectivity index (χ3n) is 2.98. The van der Waals surface area contributed by atoms with Crippen LogP contribution in [0.2, 0.25) is 0 Å². The van der Waals surface area contributed by atoms with E-state index in [-0.39, 0.29) is 10.5 Å². The van der Waals surface area contributed by atoms with E-state index in [1.54, 1.807) is 22.7 Å². The maximum atomic E-state index is 12.0. The fourth-order valence-electron chi connectivity index (χ4n) is 2.08. The van der Waals surface area contributed by atoms with Crippen molar-refractivity contribution in [2.24, 2.45) is 0 Å². The number of nitrogens with zero attached hydrogens (tertiary/aromatic N) is 1. The van der Waals surface area contributed by atoms with Gasteiger partial charge in [-0.05, 0) is 19.1 Å². The van der Waals surface area contributed by atoms with Gasteiger partial charge in [-0.25, -0.2) is 0 Å². The minimum absolute atomic E-state index is 0.170. The number of hydrogen-bond acceptors (Lipinski definition) is 3. The molecule has 1 aromatic carbocycles. The molecule has 19 heavy (non-hydrogen) atoms. The summed E-state index contributed by atoms with van der Waals surface area (Å²) >= 11 is 1.80. The molecule has 0 saturated heterocycles. The zero-order valence-corrected chi connectivity index (χ0v) is 12.6. The van der Waals surface area contributed by atoms with E-state index < -0.39 is 5.91 Å². The number of fused-ring (bicyclic) bond motifs is 1. The summed E-state index contributed by atoms with van der Waals surface area (Å²) in [5.41, 5.74) is 2.31. The largest absolute Gasteiger partial charge is 0.304 e. The van der Waals surface area contributed by atoms with Crippen molar-refractivity contribution < 1.29 is 9.59 Å². The third-order valence-corrected chi connectivity index (χ3v) is 4.23. The van der Waals surface area contributed by atoms with Crippen LogP contribution in [0.1, 0.15) is 36.7 Å². The maximum Gasteiger partial charge on any atom is 0.299 e. The average molecular weight is 277 g/mol. The average Bonchev–Trinajstić information content (AvgIpc) is 2.53. The van der Waals surface area contributed by atoms with Crippen molar-refractivity contribution in [1.29, 1.82) is 0 Å². The first-order valence-electron chi connectivity index (χ1n) is 6.40. The van der Waals surface area contributed by atoms with Gasteiger partial charge in [0.1, 0.15) is 0 Å². The van der Waals surface area contributed by atoms with Crippen molar-refractivity contribution in [3.8, 4) is 0 Å². The van der Waals surface area contributed by atoms with Crippen molar-refractivity contribution in [2.75, 3.05) is 17.2 Å². The molecule has 0 saturated carbocycles. The Morgan fingerprint density at radius 1 is 1.21 bits per heavy atom. The van der Waals surface area contributed by atoms with E-state index in [2.05, 4.69) is 20.8 Å². The number of thioether (sulfide) groups is 1. The van der Waals surface area contributed by atoms with Crippen molar-refractivity contribution >= 4 is 29.1 Å². The van der Waals surface area contributed by atoms with E-state index in [0.29, 0.717) is 12.1 Å². The number of anilines is 1. The van der Waals surface area contributed by atoms with Crippen LogP contribution in [0.15, 0.2) is 18.2 Å². The van der Waals surface area contributed by atoms with Gasteiger partial charge in [0, 0.05) is 17.0 Å². The Bertz CT molecular complexity index is 531. The highest BCUT2D eigenvalue weighted by atomic mass is 32.2. The second-order valence-corrected chi connectivity index (χ2v) is 7.69. The predicted molar refractivity (Wildman–Crippen MR) is 80.1 cm³/mol. The molecule has 0 unspecified atom stereocenters. The minimum atomic E-state index is -0.393. The van der Waals surface area contributed by atoms with Crippen LogP contribution < -0.4 is 4.90 Å². The molecule has 0 bridgehead atoms. The quantitative estimate of drug-likeness (QED) is 0.797. The number of aryl methyl sites for hydroxylation is 1. The van der Waals surface area contributed by atoms with Crippen LogP contribution in [0.25, 0.3) is 0 Å². The van der Waals surface area contributed by atoms with E-state index in [4.69, 9.17) is 0 Å². The monoisotopic (exact) mass is 277 g/mol. The lowest BCUT2D eigenvalue weighted by Crippen LogP contribution is -2.32. The van der Waals surface area contributed by atoms with Crippen LogP contribution in [-0.2, 0) is 4.79 Å². The Morgan fingerprint density at radius 2 is 1.89 bits per heavy atom.